The van der Waals surface area contributed by atoms with E-state index < -0.39 is 11.6 Å². The fourth-order valence-electron chi connectivity index (χ4n) is 7.72. The van der Waals surface area contributed by atoms with Gasteiger partial charge in [0.1, 0.15) is 18.0 Å². The first-order valence-electron chi connectivity index (χ1n) is 17.5. The molecule has 1 aromatic carbocycles. The molecule has 1 atom stereocenters. The molecule has 2 saturated heterocycles. The van der Waals surface area contributed by atoms with Crippen molar-refractivity contribution in [3.05, 3.63) is 52.7 Å². The van der Waals surface area contributed by atoms with Crippen molar-refractivity contribution in [2.75, 3.05) is 49.6 Å². The van der Waals surface area contributed by atoms with E-state index in [1.807, 2.05) is 6.92 Å². The third-order valence-electron chi connectivity index (χ3n) is 10.2. The van der Waals surface area contributed by atoms with E-state index in [0.717, 1.165) is 75.2 Å². The summed E-state index contributed by atoms with van der Waals surface area (Å²) in [5.74, 6) is 0.552. The number of hydrogen-bond acceptors (Lipinski definition) is 8. The molecule has 0 saturated carbocycles. The van der Waals surface area contributed by atoms with Gasteiger partial charge in [0.15, 0.2) is 0 Å². The first kappa shape index (κ1) is 34.4. The predicted molar refractivity (Wildman–Crippen MR) is 190 cm³/mol. The molecule has 2 N–H and O–H groups in total. The zero-order valence-electron chi connectivity index (χ0n) is 29.2. The number of aromatic nitrogens is 2. The molecule has 2 fully saturated rings. The fourth-order valence-corrected chi connectivity index (χ4v) is 7.72. The number of anilines is 2. The van der Waals surface area contributed by atoms with Gasteiger partial charge in [0.05, 0.1) is 24.3 Å². The zero-order chi connectivity index (χ0) is 33.6. The molecule has 10 nitrogen and oxygen atoms in total. The molecule has 5 rings (SSSR count). The number of nitrogens with zero attached hydrogens (tertiary/aromatic N) is 5. The van der Waals surface area contributed by atoms with Crippen LogP contribution in [0.5, 0.6) is 6.01 Å². The molecule has 3 amide bonds. The Morgan fingerprint density at radius 3 is 2.47 bits per heavy atom. The van der Waals surface area contributed by atoms with Crippen LogP contribution in [-0.4, -0.2) is 77.7 Å². The van der Waals surface area contributed by atoms with E-state index >= 15 is 0 Å². The summed E-state index contributed by atoms with van der Waals surface area (Å²) >= 11 is 0. The number of carbonyl (C=O) groups excluding carboxylic acids is 2. The summed E-state index contributed by atoms with van der Waals surface area (Å²) in [5.41, 5.74) is 4.51. The van der Waals surface area contributed by atoms with Crippen LogP contribution in [0.2, 0.25) is 0 Å². The maximum Gasteiger partial charge on any atom is 0.322 e. The van der Waals surface area contributed by atoms with Crippen molar-refractivity contribution in [1.82, 2.24) is 25.5 Å². The van der Waals surface area contributed by atoms with Crippen LogP contribution in [-0.2, 0) is 17.8 Å². The summed E-state index contributed by atoms with van der Waals surface area (Å²) in [6, 6.07) is 6.40. The Bertz CT molecular complexity index is 1500. The Labute approximate surface area is 280 Å². The number of imide groups is 1. The highest BCUT2D eigenvalue weighted by atomic mass is 16.5. The number of ether oxygens (including phenoxy) is 1. The van der Waals surface area contributed by atoms with Crippen LogP contribution >= 0.6 is 0 Å². The average Bonchev–Trinajstić information content (AvgIpc) is 3.34. The molecule has 0 aliphatic carbocycles. The number of fused-ring (bicyclic) bond motifs is 1. The van der Waals surface area contributed by atoms with Gasteiger partial charge in [0.25, 0.3) is 5.91 Å². The van der Waals surface area contributed by atoms with Crippen molar-refractivity contribution < 1.29 is 14.3 Å². The van der Waals surface area contributed by atoms with Crippen molar-refractivity contribution in [3.63, 3.8) is 0 Å². The summed E-state index contributed by atoms with van der Waals surface area (Å²) in [6.45, 7) is 14.7. The Hall–Kier alpha value is -3.92. The number of piperidine rings is 1. The van der Waals surface area contributed by atoms with E-state index in [2.05, 4.69) is 103 Å². The van der Waals surface area contributed by atoms with Crippen LogP contribution in [0.1, 0.15) is 95.5 Å². The molecule has 1 spiro atoms. The van der Waals surface area contributed by atoms with Crippen molar-refractivity contribution in [2.45, 2.75) is 97.2 Å². The Balaban J connectivity index is 1.54. The van der Waals surface area contributed by atoms with Crippen LogP contribution in [0.4, 0.5) is 16.3 Å². The van der Waals surface area contributed by atoms with Gasteiger partial charge in [-0.1, -0.05) is 70.0 Å². The second kappa shape index (κ2) is 14.9. The molecule has 4 heterocycles. The molecular formula is C37H53N7O3. The maximum atomic E-state index is 13.0. The lowest BCUT2D eigenvalue weighted by Crippen LogP contribution is -2.59. The lowest BCUT2D eigenvalue weighted by molar-refractivity contribution is -0.124. The third-order valence-corrected chi connectivity index (χ3v) is 10.2. The normalized spacial score (nSPS) is 20.1. The van der Waals surface area contributed by atoms with Crippen molar-refractivity contribution in [3.8, 4) is 6.01 Å². The number of allylic oxidation sites excluding steroid dienone is 2. The molecule has 47 heavy (non-hydrogen) atoms. The molecule has 3 aliphatic rings. The highest BCUT2D eigenvalue weighted by Gasteiger charge is 2.49. The van der Waals surface area contributed by atoms with Gasteiger partial charge in [0.2, 0.25) is 0 Å². The summed E-state index contributed by atoms with van der Waals surface area (Å²) in [7, 11) is 2.18. The summed E-state index contributed by atoms with van der Waals surface area (Å²) in [6.07, 6.45) is 14.8. The van der Waals surface area contributed by atoms with Crippen LogP contribution < -0.4 is 25.2 Å². The summed E-state index contributed by atoms with van der Waals surface area (Å²) in [5, 5.41) is 5.38. The van der Waals surface area contributed by atoms with Gasteiger partial charge >= 0.3 is 12.0 Å². The molecule has 1 aromatic heterocycles. The number of carbonyl (C=O) groups is 2. The van der Waals surface area contributed by atoms with Crippen LogP contribution in [0.3, 0.4) is 0 Å². The standard InChI is InChI=1S/C37H53N7O3/c1-7-14-27-16-12-17-31(28(27)15-8-2)43-23-18-29-30(24-43)38-35(47-26-36(19-9-3,20-10-4)42(6)11-5)39-32(29)44-22-13-21-37(25-44)33(45)40-34(46)41-37/h7-8,12,14-17H,9-11,13,18-26H2,1-6H3,(H2,40,41,45,46)/b14-7-,15-8-. The predicted octanol–water partition coefficient (Wildman–Crippen LogP) is 5.95. The van der Waals surface area contributed by atoms with E-state index in [1.54, 1.807) is 0 Å². The smallest absolute Gasteiger partial charge is 0.322 e. The van der Waals surface area contributed by atoms with Gasteiger partial charge in [-0.3, -0.25) is 15.0 Å². The van der Waals surface area contributed by atoms with Gasteiger partial charge < -0.3 is 19.9 Å². The monoisotopic (exact) mass is 643 g/mol. The van der Waals surface area contributed by atoms with E-state index in [-0.39, 0.29) is 11.4 Å². The Morgan fingerprint density at radius 1 is 1.04 bits per heavy atom. The van der Waals surface area contributed by atoms with E-state index in [4.69, 9.17) is 14.7 Å². The average molecular weight is 644 g/mol. The molecule has 1 unspecified atom stereocenters. The highest BCUT2D eigenvalue weighted by Crippen LogP contribution is 2.37. The van der Waals surface area contributed by atoms with E-state index in [9.17, 15) is 9.59 Å². The number of benzene rings is 1. The van der Waals surface area contributed by atoms with Crippen molar-refractivity contribution in [1.29, 1.82) is 0 Å². The molecule has 3 aliphatic heterocycles. The maximum absolute atomic E-state index is 13.0. The van der Waals surface area contributed by atoms with Crippen LogP contribution in [0.15, 0.2) is 30.4 Å². The topological polar surface area (TPSA) is 103 Å². The molecule has 254 valence electrons. The minimum absolute atomic E-state index is 0.111. The summed E-state index contributed by atoms with van der Waals surface area (Å²) in [4.78, 5) is 42.4. The largest absolute Gasteiger partial charge is 0.461 e. The number of hydrogen-bond donors (Lipinski definition) is 2. The molecule has 0 bridgehead atoms. The van der Waals surface area contributed by atoms with Crippen molar-refractivity contribution >= 4 is 35.6 Å². The quantitative estimate of drug-likeness (QED) is 0.258. The Morgan fingerprint density at radius 2 is 1.81 bits per heavy atom. The molecule has 10 heteroatoms. The molecule has 0 radical (unpaired) electrons. The van der Waals surface area contributed by atoms with Gasteiger partial charge in [-0.15, -0.1) is 0 Å². The lowest BCUT2D eigenvalue weighted by atomic mass is 9.87. The van der Waals surface area contributed by atoms with E-state index in [0.29, 0.717) is 32.1 Å². The Kier molecular flexibility index (Phi) is 10.9. The number of likely N-dealkylation sites (N-methyl/N-ethyl adjacent to an activating group) is 1. The number of nitrogens with one attached hydrogen (secondary N) is 2. The van der Waals surface area contributed by atoms with E-state index in [1.165, 1.54) is 16.8 Å². The van der Waals surface area contributed by atoms with Gasteiger partial charge in [-0.2, -0.15) is 9.97 Å². The SMILES string of the molecule is C/C=C\c1cccc(N2CCc3c(nc(OCC(CCC)(CCC)N(C)CC)nc3N3CCCC4(C3)NC(=O)NC4=O)C2)c1/C=C\C. The number of urea groups is 1. The van der Waals surface area contributed by atoms with Gasteiger partial charge in [-0.05, 0) is 71.2 Å². The zero-order valence-corrected chi connectivity index (χ0v) is 29.2. The third kappa shape index (κ3) is 7.03. The minimum atomic E-state index is -0.954. The minimum Gasteiger partial charge on any atom is -0.461 e. The second-order valence-electron chi connectivity index (χ2n) is 13.2. The fraction of sp³-hybridized carbons (Fsp3) is 0.568. The first-order valence-corrected chi connectivity index (χ1v) is 17.5. The highest BCUT2D eigenvalue weighted by molar-refractivity contribution is 6.07. The second-order valence-corrected chi connectivity index (χ2v) is 13.2. The van der Waals surface area contributed by atoms with Gasteiger partial charge in [0, 0.05) is 29.9 Å². The first-order chi connectivity index (χ1) is 22.7. The molecular weight excluding hydrogens is 590 g/mol. The van der Waals surface area contributed by atoms with Crippen LogP contribution in [0, 0.1) is 0 Å². The number of amides is 3. The number of rotatable bonds is 13. The lowest BCUT2D eigenvalue weighted by Gasteiger charge is -2.42. The van der Waals surface area contributed by atoms with Crippen molar-refractivity contribution in [2.24, 2.45) is 0 Å². The van der Waals surface area contributed by atoms with Crippen LogP contribution in [0.25, 0.3) is 12.2 Å². The molecule has 2 aromatic rings. The summed E-state index contributed by atoms with van der Waals surface area (Å²) < 4.78 is 6.63. The van der Waals surface area contributed by atoms with Gasteiger partial charge in [-0.25, -0.2) is 4.79 Å².